The van der Waals surface area contributed by atoms with E-state index in [0.717, 1.165) is 66.5 Å². The van der Waals surface area contributed by atoms with Crippen LogP contribution in [0, 0.1) is 0 Å². The molecule has 9 aromatic rings. The fourth-order valence-electron chi connectivity index (χ4n) is 7.94. The summed E-state index contributed by atoms with van der Waals surface area (Å²) in [7, 11) is 0. The van der Waals surface area contributed by atoms with Crippen LogP contribution in [0.1, 0.15) is 25.0 Å². The number of hydrogen-bond acceptors (Lipinski definition) is 3. The first-order valence-corrected chi connectivity index (χ1v) is 16.5. The van der Waals surface area contributed by atoms with Gasteiger partial charge in [-0.05, 0) is 94.0 Å². The lowest BCUT2D eigenvalue weighted by molar-refractivity contribution is 0.660. The maximum absolute atomic E-state index is 6.53. The van der Waals surface area contributed by atoms with Crippen molar-refractivity contribution in [2.75, 3.05) is 4.90 Å². The lowest BCUT2D eigenvalue weighted by atomic mass is 9.82. The van der Waals surface area contributed by atoms with Crippen LogP contribution in [0.25, 0.3) is 66.1 Å². The number of para-hydroxylation sites is 1. The molecule has 2 heterocycles. The molecule has 2 aromatic heterocycles. The Balaban J connectivity index is 1.15. The fraction of sp³-hybridized carbons (Fsp3) is 0.0667. The van der Waals surface area contributed by atoms with Crippen LogP contribution in [0.2, 0.25) is 0 Å². The summed E-state index contributed by atoms with van der Waals surface area (Å²) in [6.07, 6.45) is 0. The Morgan fingerprint density at radius 1 is 0.417 bits per heavy atom. The first-order chi connectivity index (χ1) is 23.5. The van der Waals surface area contributed by atoms with Crippen molar-refractivity contribution in [3.63, 3.8) is 0 Å². The third-order valence-electron chi connectivity index (χ3n) is 10.3. The quantitative estimate of drug-likeness (QED) is 0.197. The summed E-state index contributed by atoms with van der Waals surface area (Å²) >= 11 is 0. The van der Waals surface area contributed by atoms with Crippen LogP contribution >= 0.6 is 0 Å². The van der Waals surface area contributed by atoms with Crippen molar-refractivity contribution in [2.24, 2.45) is 0 Å². The molecule has 0 amide bonds. The second kappa shape index (κ2) is 9.97. The summed E-state index contributed by atoms with van der Waals surface area (Å²) in [6.45, 7) is 4.67. The smallest absolute Gasteiger partial charge is 0.136 e. The summed E-state index contributed by atoms with van der Waals surface area (Å²) in [6, 6.07) is 53.9. The van der Waals surface area contributed by atoms with Gasteiger partial charge in [0, 0.05) is 44.0 Å². The SMILES string of the molecule is CC1(C)c2ccccc2-c2ccc(N(c3ccccc3)c3ccc4oc5cc6c(cc5c4c3)oc3cccc(-c4ccccc4)c36)cc21. The third-order valence-corrected chi connectivity index (χ3v) is 10.3. The second-order valence-electron chi connectivity index (χ2n) is 13.3. The minimum Gasteiger partial charge on any atom is -0.456 e. The number of furan rings is 2. The lowest BCUT2D eigenvalue weighted by Crippen LogP contribution is -2.16. The predicted octanol–water partition coefficient (Wildman–Crippen LogP) is 12.9. The minimum atomic E-state index is -0.0899. The number of anilines is 3. The van der Waals surface area contributed by atoms with E-state index in [1.54, 1.807) is 0 Å². The topological polar surface area (TPSA) is 29.5 Å². The molecule has 0 N–H and O–H groups in total. The summed E-state index contributed by atoms with van der Waals surface area (Å²) in [5, 5.41) is 4.27. The van der Waals surface area contributed by atoms with Crippen molar-refractivity contribution in [3.05, 3.63) is 163 Å². The zero-order valence-electron chi connectivity index (χ0n) is 26.7. The Labute approximate surface area is 278 Å². The third kappa shape index (κ3) is 3.88. The van der Waals surface area contributed by atoms with Crippen LogP contribution in [0.3, 0.4) is 0 Å². The molecule has 48 heavy (non-hydrogen) atoms. The van der Waals surface area contributed by atoms with Gasteiger partial charge < -0.3 is 13.7 Å². The van der Waals surface area contributed by atoms with E-state index in [-0.39, 0.29) is 5.41 Å². The van der Waals surface area contributed by atoms with E-state index in [1.165, 1.54) is 27.8 Å². The molecule has 0 spiro atoms. The van der Waals surface area contributed by atoms with Gasteiger partial charge in [0.05, 0.1) is 0 Å². The molecular weight excluding hydrogens is 587 g/mol. The lowest BCUT2D eigenvalue weighted by Gasteiger charge is -2.28. The van der Waals surface area contributed by atoms with Crippen LogP contribution < -0.4 is 4.90 Å². The number of fused-ring (bicyclic) bond motifs is 9. The molecule has 0 bridgehead atoms. The Morgan fingerprint density at radius 3 is 1.90 bits per heavy atom. The van der Waals surface area contributed by atoms with Crippen molar-refractivity contribution >= 4 is 60.9 Å². The van der Waals surface area contributed by atoms with Crippen LogP contribution in [0.15, 0.2) is 160 Å². The van der Waals surface area contributed by atoms with E-state index in [9.17, 15) is 0 Å². The highest BCUT2D eigenvalue weighted by Crippen LogP contribution is 2.51. The fourth-order valence-corrected chi connectivity index (χ4v) is 7.94. The summed E-state index contributed by atoms with van der Waals surface area (Å²) in [5.74, 6) is 0. The highest BCUT2D eigenvalue weighted by Gasteiger charge is 2.35. The number of rotatable bonds is 4. The van der Waals surface area contributed by atoms with Gasteiger partial charge in [-0.15, -0.1) is 0 Å². The van der Waals surface area contributed by atoms with Gasteiger partial charge in [0.1, 0.15) is 22.3 Å². The van der Waals surface area contributed by atoms with Gasteiger partial charge in [-0.25, -0.2) is 0 Å². The van der Waals surface area contributed by atoms with Crippen LogP contribution in [0.4, 0.5) is 17.1 Å². The van der Waals surface area contributed by atoms with Gasteiger partial charge in [0.15, 0.2) is 0 Å². The molecule has 1 aliphatic rings. The Morgan fingerprint density at radius 2 is 1.04 bits per heavy atom. The van der Waals surface area contributed by atoms with E-state index in [2.05, 4.69) is 158 Å². The van der Waals surface area contributed by atoms with Crippen molar-refractivity contribution in [1.82, 2.24) is 0 Å². The molecule has 7 aromatic carbocycles. The first-order valence-electron chi connectivity index (χ1n) is 16.5. The number of hydrogen-bond donors (Lipinski definition) is 0. The Kier molecular flexibility index (Phi) is 5.63. The number of nitrogens with zero attached hydrogens (tertiary/aromatic N) is 1. The predicted molar refractivity (Wildman–Crippen MR) is 199 cm³/mol. The Bertz CT molecular complexity index is 2700. The van der Waals surface area contributed by atoms with E-state index in [1.807, 2.05) is 12.1 Å². The van der Waals surface area contributed by atoms with Crippen LogP contribution in [-0.2, 0) is 5.41 Å². The number of benzene rings is 7. The molecule has 0 fully saturated rings. The van der Waals surface area contributed by atoms with Gasteiger partial charge in [0.25, 0.3) is 0 Å². The molecule has 1 aliphatic carbocycles. The molecule has 0 aliphatic heterocycles. The van der Waals surface area contributed by atoms with Gasteiger partial charge >= 0.3 is 0 Å². The second-order valence-corrected chi connectivity index (χ2v) is 13.3. The molecule has 0 radical (unpaired) electrons. The molecule has 3 nitrogen and oxygen atoms in total. The minimum absolute atomic E-state index is 0.0899. The van der Waals surface area contributed by atoms with Gasteiger partial charge in [0.2, 0.25) is 0 Å². The van der Waals surface area contributed by atoms with E-state index < -0.39 is 0 Å². The van der Waals surface area contributed by atoms with Crippen LogP contribution in [0.5, 0.6) is 0 Å². The zero-order chi connectivity index (χ0) is 32.0. The van der Waals surface area contributed by atoms with E-state index in [0.29, 0.717) is 0 Å². The molecule has 0 saturated heterocycles. The van der Waals surface area contributed by atoms with Gasteiger partial charge in [-0.1, -0.05) is 105 Å². The van der Waals surface area contributed by atoms with Crippen molar-refractivity contribution in [2.45, 2.75) is 19.3 Å². The average Bonchev–Trinajstić information content (AvgIpc) is 3.75. The summed E-state index contributed by atoms with van der Waals surface area (Å²) in [5.41, 5.74) is 14.3. The van der Waals surface area contributed by atoms with E-state index in [4.69, 9.17) is 8.83 Å². The average molecular weight is 618 g/mol. The molecule has 10 rings (SSSR count). The van der Waals surface area contributed by atoms with Gasteiger partial charge in [-0.3, -0.25) is 0 Å². The normalized spacial score (nSPS) is 13.4. The molecule has 0 saturated carbocycles. The molecule has 0 unspecified atom stereocenters. The van der Waals surface area contributed by atoms with Crippen LogP contribution in [-0.4, -0.2) is 0 Å². The highest BCUT2D eigenvalue weighted by atomic mass is 16.3. The highest BCUT2D eigenvalue weighted by molar-refractivity contribution is 6.18. The van der Waals surface area contributed by atoms with Crippen molar-refractivity contribution < 1.29 is 8.83 Å². The van der Waals surface area contributed by atoms with Gasteiger partial charge in [-0.2, -0.15) is 0 Å². The Hall–Kier alpha value is -6.06. The standard InChI is InChI=1S/C45H31NO2/c1-45(2)38-18-10-9-16-33(38)34-22-20-31(25-39(34)45)46(29-14-7-4-8-15-29)30-21-23-40-35(24-30)36-26-43-37(27-42(36)47-40)44-32(17-11-19-41(44)48-43)28-12-5-3-6-13-28/h3-27H,1-2H3. The zero-order valence-corrected chi connectivity index (χ0v) is 26.7. The maximum atomic E-state index is 6.53. The monoisotopic (exact) mass is 617 g/mol. The molecule has 3 heteroatoms. The van der Waals surface area contributed by atoms with E-state index >= 15 is 0 Å². The maximum Gasteiger partial charge on any atom is 0.136 e. The molecular formula is C45H31NO2. The van der Waals surface area contributed by atoms with Crippen molar-refractivity contribution in [1.29, 1.82) is 0 Å². The molecule has 0 atom stereocenters. The summed E-state index contributed by atoms with van der Waals surface area (Å²) < 4.78 is 13.0. The first kappa shape index (κ1) is 27.1. The molecule has 228 valence electrons. The summed E-state index contributed by atoms with van der Waals surface area (Å²) in [4.78, 5) is 2.35. The largest absolute Gasteiger partial charge is 0.456 e. The van der Waals surface area contributed by atoms with Crippen molar-refractivity contribution in [3.8, 4) is 22.3 Å².